The van der Waals surface area contributed by atoms with E-state index in [1.165, 1.54) is 38.9 Å². The van der Waals surface area contributed by atoms with E-state index in [1.807, 2.05) is 72.8 Å². The molecule has 0 bridgehead atoms. The first-order valence-electron chi connectivity index (χ1n) is 29.6. The molecule has 0 fully saturated rings. The normalized spacial score (nSPS) is 12.7. The largest absolute Gasteiger partial charge is 0.311 e. The molecule has 86 heavy (non-hydrogen) atoms. The third-order valence-corrected chi connectivity index (χ3v) is 17.3. The van der Waals surface area contributed by atoms with Crippen molar-refractivity contribution in [3.05, 3.63) is 271 Å². The first-order valence-corrected chi connectivity index (χ1v) is 29.6. The molecular weight excluding hydrogens is 1050 g/mol. The fourth-order valence-corrected chi connectivity index (χ4v) is 13.0. The van der Waals surface area contributed by atoms with Crippen LogP contribution in [-0.4, -0.2) is 26.2 Å². The van der Waals surface area contributed by atoms with Crippen molar-refractivity contribution in [2.75, 3.05) is 9.80 Å². The number of fused-ring (bicyclic) bond motifs is 7. The fourth-order valence-electron chi connectivity index (χ4n) is 13.0. The standard InChI is InChI=1S/C78H60BN7/c1-77(2,3)57-35-40-68-64(47-57)79-65-48-58(78(4,5)6)36-41-69(65)85(60-30-20-11-21-31-60)72-46-56(45-71(73(72)79)84(68)59-28-18-10-19-29-59)54-34-39-66-62(43-54)61-37-33-55(51-22-12-7-13-23-51)44-70(61)86(66)67-38-32-50(49-80)42-63(67)76-82-74(52-24-14-8-15-25-52)81-75(83-76)53-26-16-9-17-27-53/h7-48H,1-6H3. The van der Waals surface area contributed by atoms with E-state index >= 15 is 0 Å². The smallest absolute Gasteiger partial charge is 0.252 e. The van der Waals surface area contributed by atoms with E-state index in [2.05, 4.69) is 244 Å². The van der Waals surface area contributed by atoms with Crippen LogP contribution in [0.5, 0.6) is 0 Å². The molecule has 0 N–H and O–H groups in total. The van der Waals surface area contributed by atoms with Crippen molar-refractivity contribution in [2.45, 2.75) is 52.4 Å². The third-order valence-electron chi connectivity index (χ3n) is 17.3. The fraction of sp³-hybridized carbons (Fsp3) is 0.103. The summed E-state index contributed by atoms with van der Waals surface area (Å²) in [6.07, 6.45) is 0. The van der Waals surface area contributed by atoms with Gasteiger partial charge in [-0.2, -0.15) is 5.26 Å². The molecule has 15 rings (SSSR count). The molecule has 2 aliphatic rings. The summed E-state index contributed by atoms with van der Waals surface area (Å²) in [5, 5.41) is 12.8. The van der Waals surface area contributed by atoms with Crippen molar-refractivity contribution < 1.29 is 0 Å². The third kappa shape index (κ3) is 8.85. The Labute approximate surface area is 502 Å². The molecule has 4 heterocycles. The summed E-state index contributed by atoms with van der Waals surface area (Å²) in [6.45, 7) is 13.9. The molecule has 13 aromatic rings. The molecule has 2 aromatic heterocycles. The molecule has 410 valence electrons. The van der Waals surface area contributed by atoms with Crippen molar-refractivity contribution in [2.24, 2.45) is 0 Å². The summed E-state index contributed by atoms with van der Waals surface area (Å²) in [7, 11) is 0. The minimum atomic E-state index is -0.0719. The van der Waals surface area contributed by atoms with E-state index in [1.54, 1.807) is 0 Å². The maximum atomic E-state index is 10.6. The van der Waals surface area contributed by atoms with Crippen LogP contribution in [0, 0.1) is 11.3 Å². The van der Waals surface area contributed by atoms with Crippen LogP contribution in [0.3, 0.4) is 0 Å². The van der Waals surface area contributed by atoms with Gasteiger partial charge < -0.3 is 14.4 Å². The van der Waals surface area contributed by atoms with Gasteiger partial charge in [-0.1, -0.05) is 211 Å². The predicted molar refractivity (Wildman–Crippen MR) is 357 cm³/mol. The van der Waals surface area contributed by atoms with Crippen molar-refractivity contribution in [1.82, 2.24) is 19.5 Å². The quantitative estimate of drug-likeness (QED) is 0.141. The molecule has 8 heteroatoms. The Kier molecular flexibility index (Phi) is 12.3. The summed E-state index contributed by atoms with van der Waals surface area (Å²) in [5.74, 6) is 1.56. The number of hydrogen-bond donors (Lipinski definition) is 0. The molecule has 0 saturated carbocycles. The molecule has 7 nitrogen and oxygen atoms in total. The average molecular weight is 1110 g/mol. The van der Waals surface area contributed by atoms with Gasteiger partial charge in [0.25, 0.3) is 6.71 Å². The Hall–Kier alpha value is -10.6. The van der Waals surface area contributed by atoms with E-state index in [0.29, 0.717) is 28.6 Å². The van der Waals surface area contributed by atoms with Crippen LogP contribution in [-0.2, 0) is 10.8 Å². The van der Waals surface area contributed by atoms with Crippen LogP contribution in [0.25, 0.3) is 83.9 Å². The highest BCUT2D eigenvalue weighted by atomic mass is 15.2. The van der Waals surface area contributed by atoms with E-state index in [4.69, 9.17) is 15.0 Å². The number of anilines is 6. The first kappa shape index (κ1) is 52.2. The van der Waals surface area contributed by atoms with Gasteiger partial charge in [-0.25, -0.2) is 15.0 Å². The van der Waals surface area contributed by atoms with Gasteiger partial charge in [-0.05, 0) is 146 Å². The summed E-state index contributed by atoms with van der Waals surface area (Å²) in [6, 6.07) is 93.8. The molecule has 0 saturated heterocycles. The predicted octanol–water partition coefficient (Wildman–Crippen LogP) is 17.9. The van der Waals surface area contributed by atoms with Gasteiger partial charge in [-0.3, -0.25) is 0 Å². The van der Waals surface area contributed by atoms with Crippen molar-refractivity contribution in [3.63, 3.8) is 0 Å². The second kappa shape index (κ2) is 20.3. The number of rotatable bonds is 8. The Morgan fingerprint density at radius 1 is 0.360 bits per heavy atom. The lowest BCUT2D eigenvalue weighted by Crippen LogP contribution is -2.61. The number of para-hydroxylation sites is 2. The van der Waals surface area contributed by atoms with Crippen LogP contribution in [0.2, 0.25) is 0 Å². The molecule has 0 radical (unpaired) electrons. The monoisotopic (exact) mass is 1110 g/mol. The van der Waals surface area contributed by atoms with Crippen LogP contribution in [0.4, 0.5) is 34.1 Å². The van der Waals surface area contributed by atoms with Gasteiger partial charge in [0.15, 0.2) is 17.5 Å². The number of aromatic nitrogens is 4. The van der Waals surface area contributed by atoms with Crippen molar-refractivity contribution in [3.8, 4) is 68.2 Å². The first-order chi connectivity index (χ1) is 41.9. The average Bonchev–Trinajstić information content (AvgIpc) is 1.14. The van der Waals surface area contributed by atoms with Gasteiger partial charge in [0, 0.05) is 61.6 Å². The number of benzene rings is 11. The summed E-state index contributed by atoms with van der Waals surface area (Å²) in [5.41, 5.74) is 23.4. The molecule has 0 unspecified atom stereocenters. The van der Waals surface area contributed by atoms with E-state index in [0.717, 1.165) is 83.6 Å². The molecule has 0 atom stereocenters. The zero-order valence-electron chi connectivity index (χ0n) is 49.0. The van der Waals surface area contributed by atoms with Crippen molar-refractivity contribution >= 4 is 79.0 Å². The van der Waals surface area contributed by atoms with Crippen molar-refractivity contribution in [1.29, 1.82) is 5.26 Å². The Balaban J connectivity index is 0.999. The van der Waals surface area contributed by atoms with Gasteiger partial charge >= 0.3 is 0 Å². The molecule has 0 aliphatic carbocycles. The van der Waals surface area contributed by atoms with Gasteiger partial charge in [-0.15, -0.1) is 0 Å². The van der Waals surface area contributed by atoms with E-state index in [-0.39, 0.29) is 17.5 Å². The molecule has 2 aliphatic heterocycles. The summed E-state index contributed by atoms with van der Waals surface area (Å²) < 4.78 is 2.34. The van der Waals surface area contributed by atoms with E-state index < -0.39 is 0 Å². The number of nitriles is 1. The highest BCUT2D eigenvalue weighted by Gasteiger charge is 2.44. The molecule has 0 amide bonds. The zero-order chi connectivity index (χ0) is 58.4. The van der Waals surface area contributed by atoms with Crippen LogP contribution in [0.1, 0.15) is 58.2 Å². The summed E-state index contributed by atoms with van der Waals surface area (Å²) >= 11 is 0. The number of hydrogen-bond acceptors (Lipinski definition) is 6. The van der Waals surface area contributed by atoms with Gasteiger partial charge in [0.05, 0.1) is 28.4 Å². The summed E-state index contributed by atoms with van der Waals surface area (Å²) in [4.78, 5) is 20.6. The lowest BCUT2D eigenvalue weighted by Gasteiger charge is -2.45. The second-order valence-corrected chi connectivity index (χ2v) is 24.8. The highest BCUT2D eigenvalue weighted by Crippen LogP contribution is 2.48. The van der Waals surface area contributed by atoms with Crippen LogP contribution < -0.4 is 26.2 Å². The zero-order valence-corrected chi connectivity index (χ0v) is 49.0. The molecule has 11 aromatic carbocycles. The van der Waals surface area contributed by atoms with Crippen LogP contribution >= 0.6 is 0 Å². The lowest BCUT2D eigenvalue weighted by atomic mass is 9.33. The SMILES string of the molecule is CC(C)(C)c1ccc2c(c1)B1c3cc(C(C)(C)C)ccc3N(c3ccccc3)c3cc(-c4ccc5c(c4)c4ccc(-c6ccccc6)cc4n5-c4ccc(C#N)cc4-c4nc(-c5ccccc5)nc(-c5ccccc5)n4)cc(c31)N2c1ccccc1. The minimum absolute atomic E-state index is 0.0543. The maximum Gasteiger partial charge on any atom is 0.252 e. The highest BCUT2D eigenvalue weighted by molar-refractivity contribution is 7.00. The molecular formula is C78H60BN7. The molecule has 0 spiro atoms. The Bertz CT molecular complexity index is 4660. The number of nitrogens with zero attached hydrogens (tertiary/aromatic N) is 7. The maximum absolute atomic E-state index is 10.6. The second-order valence-electron chi connectivity index (χ2n) is 24.8. The Morgan fingerprint density at radius 3 is 1.34 bits per heavy atom. The van der Waals surface area contributed by atoms with Gasteiger partial charge in [0.1, 0.15) is 0 Å². The topological polar surface area (TPSA) is 73.9 Å². The van der Waals surface area contributed by atoms with E-state index in [9.17, 15) is 5.26 Å². The van der Waals surface area contributed by atoms with Gasteiger partial charge in [0.2, 0.25) is 0 Å². The minimum Gasteiger partial charge on any atom is -0.311 e. The Morgan fingerprint density at radius 2 is 0.826 bits per heavy atom. The van der Waals surface area contributed by atoms with Crippen LogP contribution in [0.15, 0.2) is 255 Å². The lowest BCUT2D eigenvalue weighted by molar-refractivity contribution is 0.590.